The number of benzene rings is 3. The van der Waals surface area contributed by atoms with Crippen molar-refractivity contribution in [1.82, 2.24) is 0 Å². The molecule has 0 aromatic heterocycles. The van der Waals surface area contributed by atoms with Gasteiger partial charge in [-0.1, -0.05) is 54.6 Å². The smallest absolute Gasteiger partial charge is 0.343 e. The van der Waals surface area contributed by atoms with Gasteiger partial charge in [-0.25, -0.2) is 4.79 Å². The molecule has 0 bridgehead atoms. The van der Waals surface area contributed by atoms with Crippen LogP contribution < -0.4 is 9.47 Å². The zero-order valence-electron chi connectivity index (χ0n) is 12.7. The molecule has 0 fully saturated rings. The van der Waals surface area contributed by atoms with Gasteiger partial charge in [0.2, 0.25) is 0 Å². The van der Waals surface area contributed by atoms with E-state index in [0.29, 0.717) is 17.1 Å². The van der Waals surface area contributed by atoms with Gasteiger partial charge < -0.3 is 9.47 Å². The number of methoxy groups -OCH3 is 1. The lowest BCUT2D eigenvalue weighted by atomic mass is 10.0. The number of carbonyl (C=O) groups is 1. The van der Waals surface area contributed by atoms with Gasteiger partial charge in [0.15, 0.2) is 11.5 Å². The third-order valence-corrected chi connectivity index (χ3v) is 3.50. The lowest BCUT2D eigenvalue weighted by Crippen LogP contribution is -2.09. The normalized spacial score (nSPS) is 10.1. The summed E-state index contributed by atoms with van der Waals surface area (Å²) in [6, 6.07) is 24.4. The molecule has 3 nitrogen and oxygen atoms in total. The van der Waals surface area contributed by atoms with Crippen molar-refractivity contribution in [3.8, 4) is 22.6 Å². The topological polar surface area (TPSA) is 35.5 Å². The lowest BCUT2D eigenvalue weighted by molar-refractivity contribution is 0.0730. The van der Waals surface area contributed by atoms with Crippen LogP contribution >= 0.6 is 0 Å². The van der Waals surface area contributed by atoms with E-state index in [9.17, 15) is 4.79 Å². The number of carbonyl (C=O) groups excluding carboxylic acids is 1. The first kappa shape index (κ1) is 14.9. The molecule has 3 heteroatoms. The Hall–Kier alpha value is -3.07. The predicted octanol–water partition coefficient (Wildman–Crippen LogP) is 4.58. The third-order valence-electron chi connectivity index (χ3n) is 3.50. The number of rotatable bonds is 4. The molecule has 0 radical (unpaired) electrons. The maximum Gasteiger partial charge on any atom is 0.343 e. The van der Waals surface area contributed by atoms with Crippen LogP contribution in [0.1, 0.15) is 10.4 Å². The monoisotopic (exact) mass is 304 g/mol. The van der Waals surface area contributed by atoms with Crippen molar-refractivity contribution in [2.45, 2.75) is 0 Å². The summed E-state index contributed by atoms with van der Waals surface area (Å²) in [4.78, 5) is 12.3. The molecule has 0 saturated carbocycles. The van der Waals surface area contributed by atoms with Crippen LogP contribution in [-0.2, 0) is 0 Å². The maximum absolute atomic E-state index is 12.3. The highest BCUT2D eigenvalue weighted by molar-refractivity contribution is 5.92. The Morgan fingerprint density at radius 1 is 0.696 bits per heavy atom. The largest absolute Gasteiger partial charge is 0.493 e. The van der Waals surface area contributed by atoms with Crippen molar-refractivity contribution in [3.05, 3.63) is 84.4 Å². The quantitative estimate of drug-likeness (QED) is 0.523. The van der Waals surface area contributed by atoms with Gasteiger partial charge in [-0.3, -0.25) is 0 Å². The fraction of sp³-hybridized carbons (Fsp3) is 0.0500. The lowest BCUT2D eigenvalue weighted by Gasteiger charge is -2.09. The Morgan fingerprint density at radius 2 is 1.26 bits per heavy atom. The second kappa shape index (κ2) is 6.79. The summed E-state index contributed by atoms with van der Waals surface area (Å²) in [5, 5.41) is 0. The Balaban J connectivity index is 1.78. The molecule has 0 saturated heterocycles. The molecule has 3 aromatic carbocycles. The maximum atomic E-state index is 12.3. The molecule has 0 N–H and O–H groups in total. The molecular weight excluding hydrogens is 288 g/mol. The first-order valence-corrected chi connectivity index (χ1v) is 7.28. The molecule has 0 spiro atoms. The SMILES string of the molecule is COc1ccccc1OC(=O)c1ccc(-c2ccccc2)cc1. The minimum Gasteiger partial charge on any atom is -0.493 e. The molecule has 0 aliphatic carbocycles. The van der Waals surface area contributed by atoms with E-state index in [2.05, 4.69) is 0 Å². The van der Waals surface area contributed by atoms with Crippen LogP contribution in [0.4, 0.5) is 0 Å². The first-order chi connectivity index (χ1) is 11.3. The van der Waals surface area contributed by atoms with Crippen molar-refractivity contribution in [2.75, 3.05) is 7.11 Å². The minimum atomic E-state index is -0.408. The number of hydrogen-bond donors (Lipinski definition) is 0. The van der Waals surface area contributed by atoms with Crippen molar-refractivity contribution in [3.63, 3.8) is 0 Å². The molecule has 0 unspecified atom stereocenters. The van der Waals surface area contributed by atoms with E-state index in [0.717, 1.165) is 11.1 Å². The van der Waals surface area contributed by atoms with Gasteiger partial charge in [-0.15, -0.1) is 0 Å². The van der Waals surface area contributed by atoms with Gasteiger partial charge in [0.25, 0.3) is 0 Å². The summed E-state index contributed by atoms with van der Waals surface area (Å²) in [6.07, 6.45) is 0. The highest BCUT2D eigenvalue weighted by Gasteiger charge is 2.11. The van der Waals surface area contributed by atoms with Crippen LogP contribution in [0, 0.1) is 0 Å². The fourth-order valence-corrected chi connectivity index (χ4v) is 2.29. The van der Waals surface area contributed by atoms with Gasteiger partial charge in [0.1, 0.15) is 0 Å². The van der Waals surface area contributed by atoms with Crippen molar-refractivity contribution >= 4 is 5.97 Å². The van der Waals surface area contributed by atoms with Crippen LogP contribution in [0.3, 0.4) is 0 Å². The predicted molar refractivity (Wildman–Crippen MR) is 89.8 cm³/mol. The summed E-state index contributed by atoms with van der Waals surface area (Å²) in [5.74, 6) is 0.531. The molecule has 3 aromatic rings. The van der Waals surface area contributed by atoms with E-state index in [-0.39, 0.29) is 0 Å². The Morgan fingerprint density at radius 3 is 1.91 bits per heavy atom. The van der Waals surface area contributed by atoms with Crippen LogP contribution in [0.5, 0.6) is 11.5 Å². The third kappa shape index (κ3) is 3.40. The highest BCUT2D eigenvalue weighted by Crippen LogP contribution is 2.27. The van der Waals surface area contributed by atoms with Gasteiger partial charge in [0.05, 0.1) is 12.7 Å². The summed E-state index contributed by atoms with van der Waals surface area (Å²) >= 11 is 0. The number of ether oxygens (including phenoxy) is 2. The van der Waals surface area contributed by atoms with Gasteiger partial charge >= 0.3 is 5.97 Å². The van der Waals surface area contributed by atoms with Gasteiger partial charge in [0, 0.05) is 0 Å². The Bertz CT molecular complexity index is 793. The molecule has 0 amide bonds. The van der Waals surface area contributed by atoms with E-state index >= 15 is 0 Å². The Kier molecular flexibility index (Phi) is 4.39. The van der Waals surface area contributed by atoms with E-state index in [1.165, 1.54) is 0 Å². The second-order valence-corrected chi connectivity index (χ2v) is 4.98. The highest BCUT2D eigenvalue weighted by atomic mass is 16.6. The molecule has 0 atom stereocenters. The first-order valence-electron chi connectivity index (χ1n) is 7.28. The summed E-state index contributed by atoms with van der Waals surface area (Å²) in [6.45, 7) is 0. The molecule has 0 aliphatic rings. The number of esters is 1. The summed E-state index contributed by atoms with van der Waals surface area (Å²) in [5.41, 5.74) is 2.66. The molecule has 3 rings (SSSR count). The van der Waals surface area contributed by atoms with Gasteiger partial charge in [-0.2, -0.15) is 0 Å². The van der Waals surface area contributed by atoms with E-state index in [4.69, 9.17) is 9.47 Å². The van der Waals surface area contributed by atoms with E-state index < -0.39 is 5.97 Å². The molecule has 114 valence electrons. The minimum absolute atomic E-state index is 0.408. The average molecular weight is 304 g/mol. The Labute approximate surface area is 135 Å². The summed E-state index contributed by atoms with van der Waals surface area (Å²) < 4.78 is 10.6. The number of hydrogen-bond acceptors (Lipinski definition) is 3. The van der Waals surface area contributed by atoms with Gasteiger partial charge in [-0.05, 0) is 35.4 Å². The fourth-order valence-electron chi connectivity index (χ4n) is 2.29. The van der Waals surface area contributed by atoms with Crippen LogP contribution in [-0.4, -0.2) is 13.1 Å². The summed E-state index contributed by atoms with van der Waals surface area (Å²) in [7, 11) is 1.54. The van der Waals surface area contributed by atoms with Crippen LogP contribution in [0.15, 0.2) is 78.9 Å². The van der Waals surface area contributed by atoms with Crippen molar-refractivity contribution in [1.29, 1.82) is 0 Å². The van der Waals surface area contributed by atoms with E-state index in [1.807, 2.05) is 48.5 Å². The molecule has 23 heavy (non-hydrogen) atoms. The standard InChI is InChI=1S/C20H16O3/c1-22-18-9-5-6-10-19(18)23-20(21)17-13-11-16(12-14-17)15-7-3-2-4-8-15/h2-14H,1H3. The van der Waals surface area contributed by atoms with E-state index in [1.54, 1.807) is 37.4 Å². The van der Waals surface area contributed by atoms with Crippen LogP contribution in [0.2, 0.25) is 0 Å². The molecular formula is C20H16O3. The second-order valence-electron chi connectivity index (χ2n) is 4.98. The molecule has 0 heterocycles. The van der Waals surface area contributed by atoms with Crippen molar-refractivity contribution in [2.24, 2.45) is 0 Å². The van der Waals surface area contributed by atoms with Crippen molar-refractivity contribution < 1.29 is 14.3 Å². The zero-order valence-corrected chi connectivity index (χ0v) is 12.7. The zero-order chi connectivity index (χ0) is 16.1. The van der Waals surface area contributed by atoms with Crippen LogP contribution in [0.25, 0.3) is 11.1 Å². The average Bonchev–Trinajstić information content (AvgIpc) is 2.63. The molecule has 0 aliphatic heterocycles. The number of para-hydroxylation sites is 2.